The van der Waals surface area contributed by atoms with Crippen LogP contribution in [-0.2, 0) is 57.0 Å². The van der Waals surface area contributed by atoms with Gasteiger partial charge in [-0.15, -0.1) is 0 Å². The number of carbonyl (C=O) groups is 3. The molecule has 0 radical (unpaired) electrons. The Morgan fingerprint density at radius 1 is 0.859 bits per heavy atom. The van der Waals surface area contributed by atoms with Gasteiger partial charge in [0, 0.05) is 44.8 Å². The van der Waals surface area contributed by atoms with Crippen molar-refractivity contribution in [3.8, 4) is 0 Å². The fraction of sp³-hybridized carbons (Fsp3) is 0.848. The third-order valence-corrected chi connectivity index (χ3v) is 13.4. The van der Waals surface area contributed by atoms with Crippen LogP contribution in [0.5, 0.6) is 0 Å². The molecule has 18 heteroatoms. The summed E-state index contributed by atoms with van der Waals surface area (Å²) in [5.74, 6) is -3.59. The first-order chi connectivity index (χ1) is 30.1. The van der Waals surface area contributed by atoms with Crippen molar-refractivity contribution in [2.45, 2.75) is 191 Å². The first-order valence-corrected chi connectivity index (χ1v) is 22.7. The van der Waals surface area contributed by atoms with Crippen molar-refractivity contribution in [1.29, 1.82) is 0 Å². The zero-order valence-corrected chi connectivity index (χ0v) is 39.7. The number of aliphatic hydroxyl groups is 5. The van der Waals surface area contributed by atoms with Crippen molar-refractivity contribution in [3.05, 3.63) is 23.8 Å². The van der Waals surface area contributed by atoms with Gasteiger partial charge in [-0.1, -0.05) is 38.5 Å². The number of rotatable bonds is 13. The Balaban J connectivity index is 1.62. The van der Waals surface area contributed by atoms with E-state index in [1.807, 2.05) is 19.9 Å². The van der Waals surface area contributed by atoms with Crippen molar-refractivity contribution in [2.24, 2.45) is 23.7 Å². The van der Waals surface area contributed by atoms with Crippen LogP contribution in [0.25, 0.3) is 0 Å². The maximum atomic E-state index is 13.8. The number of cyclic esters (lactones) is 1. The van der Waals surface area contributed by atoms with Crippen molar-refractivity contribution < 1.29 is 82.5 Å². The Kier molecular flexibility index (Phi) is 20.5. The van der Waals surface area contributed by atoms with Crippen molar-refractivity contribution in [1.82, 2.24) is 4.90 Å². The van der Waals surface area contributed by atoms with Gasteiger partial charge < -0.3 is 77.9 Å². The maximum Gasteiger partial charge on any atom is 0.308 e. The highest BCUT2D eigenvalue weighted by molar-refractivity contribution is 5.91. The van der Waals surface area contributed by atoms with Gasteiger partial charge in [0.15, 0.2) is 24.7 Å². The minimum absolute atomic E-state index is 0.00788. The molecule has 0 spiro atoms. The molecule has 0 bridgehead atoms. The molecule has 5 N–H and O–H groups in total. The Hall–Kier alpha value is -2.27. The predicted molar refractivity (Wildman–Crippen MR) is 230 cm³/mol. The van der Waals surface area contributed by atoms with E-state index < -0.39 is 140 Å². The van der Waals surface area contributed by atoms with Gasteiger partial charge in [-0.3, -0.25) is 9.59 Å². The number of methoxy groups -OCH3 is 2. The molecule has 4 aliphatic rings. The molecule has 18 nitrogen and oxygen atoms in total. The average Bonchev–Trinajstić information content (AvgIpc) is 3.23. The van der Waals surface area contributed by atoms with Crippen LogP contribution < -0.4 is 0 Å². The molecule has 4 rings (SSSR count). The summed E-state index contributed by atoms with van der Waals surface area (Å²) in [5, 5.41) is 55.8. The molecule has 368 valence electrons. The molecule has 0 aromatic rings. The van der Waals surface area contributed by atoms with Gasteiger partial charge >= 0.3 is 5.97 Å². The van der Waals surface area contributed by atoms with Gasteiger partial charge in [-0.25, -0.2) is 0 Å². The van der Waals surface area contributed by atoms with Gasteiger partial charge in [0.2, 0.25) is 0 Å². The van der Waals surface area contributed by atoms with Crippen LogP contribution in [0.3, 0.4) is 0 Å². The molecule has 64 heavy (non-hydrogen) atoms. The number of ketones is 1. The summed E-state index contributed by atoms with van der Waals surface area (Å²) in [4.78, 5) is 41.5. The number of nitrogens with zero attached hydrogens (tertiary/aromatic N) is 1. The number of carbonyl (C=O) groups excluding carboxylic acids is 3. The van der Waals surface area contributed by atoms with Crippen molar-refractivity contribution in [3.63, 3.8) is 0 Å². The van der Waals surface area contributed by atoms with Gasteiger partial charge in [-0.2, -0.15) is 0 Å². The molecule has 21 atom stereocenters. The van der Waals surface area contributed by atoms with Crippen LogP contribution in [0.4, 0.5) is 0 Å². The lowest BCUT2D eigenvalue weighted by Crippen LogP contribution is -2.65. The van der Waals surface area contributed by atoms with E-state index in [-0.39, 0.29) is 31.7 Å². The molecule has 0 aliphatic carbocycles. The van der Waals surface area contributed by atoms with Crippen LogP contribution in [0.1, 0.15) is 87.5 Å². The molecular weight excluding hydrogens is 838 g/mol. The van der Waals surface area contributed by atoms with Crippen LogP contribution in [0, 0.1) is 23.7 Å². The fourth-order valence-electron chi connectivity index (χ4n) is 9.51. The summed E-state index contributed by atoms with van der Waals surface area (Å²) in [5.41, 5.74) is -0.806. The number of aliphatic hydroxyl groups excluding tert-OH is 4. The van der Waals surface area contributed by atoms with E-state index in [1.54, 1.807) is 59.7 Å². The second kappa shape index (κ2) is 24.1. The van der Waals surface area contributed by atoms with Crippen LogP contribution in [0.2, 0.25) is 0 Å². The topological polar surface area (TPSA) is 239 Å². The summed E-state index contributed by atoms with van der Waals surface area (Å²) in [7, 11) is 6.43. The molecule has 0 aromatic carbocycles. The molecular formula is C46H77NO17. The highest BCUT2D eigenvalue weighted by Gasteiger charge is 2.52. The molecule has 21 unspecified atom stereocenters. The van der Waals surface area contributed by atoms with Crippen LogP contribution in [-0.4, -0.2) is 187 Å². The van der Waals surface area contributed by atoms with E-state index in [0.717, 1.165) is 6.29 Å². The fourth-order valence-corrected chi connectivity index (χ4v) is 9.51. The van der Waals surface area contributed by atoms with Gasteiger partial charge in [0.05, 0.1) is 55.2 Å². The van der Waals surface area contributed by atoms with Crippen molar-refractivity contribution >= 4 is 18.0 Å². The van der Waals surface area contributed by atoms with E-state index in [9.17, 15) is 39.9 Å². The smallest absolute Gasteiger partial charge is 0.308 e. The summed E-state index contributed by atoms with van der Waals surface area (Å²) in [6, 6.07) is -0.748. The Morgan fingerprint density at radius 3 is 2.11 bits per heavy atom. The van der Waals surface area contributed by atoms with E-state index in [4.69, 9.17) is 42.6 Å². The SMILES string of the molecule is CCC1OC(=O)CC(O)C(C)C(OC2OC(C)C(OC3CC(C)(O)C(O)C(C)O3)C(N(C)C)C2O)C(CC=O)CC(C)C(=O)/C=C/C(C)=C\C1COC1OC(C)C(O)C(OC)C1OC. The van der Waals surface area contributed by atoms with Gasteiger partial charge in [-0.05, 0) is 73.5 Å². The number of ether oxygens (including phenoxy) is 9. The highest BCUT2D eigenvalue weighted by Crippen LogP contribution is 2.37. The molecule has 3 fully saturated rings. The lowest BCUT2D eigenvalue weighted by atomic mass is 9.79. The zero-order chi connectivity index (χ0) is 47.8. The first-order valence-electron chi connectivity index (χ1n) is 22.7. The monoisotopic (exact) mass is 916 g/mol. The largest absolute Gasteiger partial charge is 0.462 e. The standard InChI is InChI=1S/C46H77NO17/c1-13-33-30(22-58-45-42(57-12)41(56-11)37(52)26(5)60-45)18-23(2)14-15-31(49)24(3)19-29(16-17-48)39(25(4)32(50)20-34(51)62-33)64-44-38(53)36(47(9)10)40(27(6)61-44)63-35-21-46(8,55)43(54)28(7)59-35/h14-15,17-18,24-30,32-33,35-45,50,52-55H,13,16,19-22H2,1-12H3/b15-14+,23-18-. The van der Waals surface area contributed by atoms with E-state index >= 15 is 0 Å². The van der Waals surface area contributed by atoms with Crippen LogP contribution in [0.15, 0.2) is 23.8 Å². The third kappa shape index (κ3) is 13.5. The van der Waals surface area contributed by atoms with Gasteiger partial charge in [0.1, 0.15) is 49.0 Å². The molecule has 0 amide bonds. The Labute approximate surface area is 378 Å². The first kappa shape index (κ1) is 54.3. The second-order valence-corrected chi connectivity index (χ2v) is 18.7. The molecule has 0 saturated carbocycles. The number of likely N-dealkylation sites (N-methyl/N-ethyl adjacent to an activating group) is 1. The quantitative estimate of drug-likeness (QED) is 0.131. The molecule has 4 heterocycles. The highest BCUT2D eigenvalue weighted by atomic mass is 16.7. The lowest BCUT2D eigenvalue weighted by molar-refractivity contribution is -0.341. The Bertz CT molecular complexity index is 1560. The van der Waals surface area contributed by atoms with E-state index in [1.165, 1.54) is 27.2 Å². The predicted octanol–water partition coefficient (Wildman–Crippen LogP) is 1.83. The number of allylic oxidation sites excluding steroid dienone is 3. The maximum absolute atomic E-state index is 13.8. The Morgan fingerprint density at radius 2 is 1.52 bits per heavy atom. The number of hydrogen-bond donors (Lipinski definition) is 5. The molecule has 4 aliphatic heterocycles. The van der Waals surface area contributed by atoms with E-state index in [2.05, 4.69) is 0 Å². The van der Waals surface area contributed by atoms with Gasteiger partial charge in [0.25, 0.3) is 0 Å². The number of hydrogen-bond acceptors (Lipinski definition) is 18. The summed E-state index contributed by atoms with van der Waals surface area (Å²) in [6.45, 7) is 13.6. The average molecular weight is 916 g/mol. The van der Waals surface area contributed by atoms with E-state index in [0.29, 0.717) is 12.0 Å². The normalized spacial score (nSPS) is 45.9. The number of aldehydes is 1. The molecule has 0 aromatic heterocycles. The number of esters is 1. The molecule has 3 saturated heterocycles. The second-order valence-electron chi connectivity index (χ2n) is 18.7. The lowest BCUT2D eigenvalue weighted by Gasteiger charge is -2.50. The summed E-state index contributed by atoms with van der Waals surface area (Å²) in [6.07, 6.45) is -8.49. The summed E-state index contributed by atoms with van der Waals surface area (Å²) >= 11 is 0. The zero-order valence-electron chi connectivity index (χ0n) is 39.7. The minimum atomic E-state index is -1.49. The van der Waals surface area contributed by atoms with Crippen LogP contribution >= 0.6 is 0 Å². The van der Waals surface area contributed by atoms with Crippen molar-refractivity contribution in [2.75, 3.05) is 34.9 Å². The minimum Gasteiger partial charge on any atom is -0.462 e. The third-order valence-electron chi connectivity index (χ3n) is 13.4. The summed E-state index contributed by atoms with van der Waals surface area (Å²) < 4.78 is 54.7.